The van der Waals surface area contributed by atoms with Crippen molar-refractivity contribution in [3.05, 3.63) is 34.9 Å². The molecule has 0 unspecified atom stereocenters. The topological polar surface area (TPSA) is 61.6 Å². The molecule has 114 valence electrons. The standard InChI is InChI=1S/C16H24N4O/c1-12-8-13(16(17)21)2-3-14(12)9-19-10-15(11-19)20-6-4-18-5-7-20/h2-3,8,15,18H,4-7,9-11H2,1H3,(H2,17,21). The molecule has 21 heavy (non-hydrogen) atoms. The lowest BCUT2D eigenvalue weighted by molar-refractivity contribution is 0.0222. The smallest absolute Gasteiger partial charge is 0.248 e. The molecule has 0 radical (unpaired) electrons. The lowest BCUT2D eigenvalue weighted by Gasteiger charge is -2.47. The van der Waals surface area contributed by atoms with Crippen LogP contribution in [0.15, 0.2) is 18.2 Å². The number of hydrogen-bond donors (Lipinski definition) is 2. The van der Waals surface area contributed by atoms with E-state index in [0.717, 1.165) is 44.3 Å². The van der Waals surface area contributed by atoms with Crippen LogP contribution < -0.4 is 11.1 Å². The molecule has 1 amide bonds. The van der Waals surface area contributed by atoms with Gasteiger partial charge in [-0.25, -0.2) is 0 Å². The molecule has 0 aromatic heterocycles. The highest BCUT2D eigenvalue weighted by atomic mass is 16.1. The van der Waals surface area contributed by atoms with Crippen molar-refractivity contribution < 1.29 is 4.79 Å². The number of carbonyl (C=O) groups is 1. The first-order valence-electron chi connectivity index (χ1n) is 7.70. The summed E-state index contributed by atoms with van der Waals surface area (Å²) in [5, 5.41) is 3.40. The van der Waals surface area contributed by atoms with E-state index in [9.17, 15) is 4.79 Å². The van der Waals surface area contributed by atoms with Crippen LogP contribution in [0.5, 0.6) is 0 Å². The number of piperazine rings is 1. The maximum absolute atomic E-state index is 11.2. The molecule has 2 heterocycles. The average molecular weight is 288 g/mol. The van der Waals surface area contributed by atoms with Gasteiger partial charge >= 0.3 is 0 Å². The van der Waals surface area contributed by atoms with Gasteiger partial charge in [-0.05, 0) is 30.2 Å². The van der Waals surface area contributed by atoms with Crippen molar-refractivity contribution >= 4 is 5.91 Å². The number of rotatable bonds is 4. The van der Waals surface area contributed by atoms with Crippen LogP contribution in [0.1, 0.15) is 21.5 Å². The fourth-order valence-corrected chi connectivity index (χ4v) is 3.22. The Kier molecular flexibility index (Phi) is 4.24. The first kappa shape index (κ1) is 14.5. The second-order valence-corrected chi connectivity index (χ2v) is 6.14. The zero-order valence-electron chi connectivity index (χ0n) is 12.6. The van der Waals surface area contributed by atoms with E-state index in [1.165, 1.54) is 18.7 Å². The Bertz CT molecular complexity index is 519. The molecule has 0 aliphatic carbocycles. The second-order valence-electron chi connectivity index (χ2n) is 6.14. The van der Waals surface area contributed by atoms with E-state index in [4.69, 9.17) is 5.73 Å². The van der Waals surface area contributed by atoms with Crippen molar-refractivity contribution in [2.75, 3.05) is 39.3 Å². The van der Waals surface area contributed by atoms with Crippen LogP contribution in [0.3, 0.4) is 0 Å². The van der Waals surface area contributed by atoms with Crippen molar-refractivity contribution in [3.63, 3.8) is 0 Å². The van der Waals surface area contributed by atoms with Crippen LogP contribution in [-0.2, 0) is 6.54 Å². The minimum Gasteiger partial charge on any atom is -0.366 e. The summed E-state index contributed by atoms with van der Waals surface area (Å²) in [7, 11) is 0. The molecular weight excluding hydrogens is 264 g/mol. The number of benzene rings is 1. The van der Waals surface area contributed by atoms with Gasteiger partial charge in [0.25, 0.3) is 0 Å². The van der Waals surface area contributed by atoms with E-state index in [1.807, 2.05) is 18.2 Å². The maximum atomic E-state index is 11.2. The molecule has 3 rings (SSSR count). The lowest BCUT2D eigenvalue weighted by Crippen LogP contribution is -2.62. The highest BCUT2D eigenvalue weighted by Gasteiger charge is 2.32. The van der Waals surface area contributed by atoms with Gasteiger partial charge in [0, 0.05) is 57.4 Å². The molecule has 2 saturated heterocycles. The highest BCUT2D eigenvalue weighted by molar-refractivity contribution is 5.93. The van der Waals surface area contributed by atoms with Gasteiger partial charge < -0.3 is 11.1 Å². The largest absolute Gasteiger partial charge is 0.366 e. The fraction of sp³-hybridized carbons (Fsp3) is 0.562. The van der Waals surface area contributed by atoms with Crippen molar-refractivity contribution in [2.24, 2.45) is 5.73 Å². The molecule has 1 aromatic carbocycles. The summed E-state index contributed by atoms with van der Waals surface area (Å²) in [6, 6.07) is 6.48. The van der Waals surface area contributed by atoms with Gasteiger partial charge in [0.05, 0.1) is 0 Å². The Hall–Kier alpha value is -1.43. The van der Waals surface area contributed by atoms with Gasteiger partial charge in [0.15, 0.2) is 0 Å². The number of amides is 1. The third-order valence-corrected chi connectivity index (χ3v) is 4.63. The van der Waals surface area contributed by atoms with Crippen molar-refractivity contribution in [2.45, 2.75) is 19.5 Å². The van der Waals surface area contributed by atoms with Crippen LogP contribution in [0.25, 0.3) is 0 Å². The highest BCUT2D eigenvalue weighted by Crippen LogP contribution is 2.20. The normalized spacial score (nSPS) is 21.2. The van der Waals surface area contributed by atoms with Crippen molar-refractivity contribution in [3.8, 4) is 0 Å². The molecular formula is C16H24N4O. The zero-order chi connectivity index (χ0) is 14.8. The van der Waals surface area contributed by atoms with Crippen molar-refractivity contribution in [1.82, 2.24) is 15.1 Å². The van der Waals surface area contributed by atoms with Gasteiger partial charge in [-0.15, -0.1) is 0 Å². The molecule has 0 atom stereocenters. The van der Waals surface area contributed by atoms with E-state index in [2.05, 4.69) is 22.0 Å². The number of nitrogens with zero attached hydrogens (tertiary/aromatic N) is 2. The molecule has 2 aliphatic heterocycles. The number of carbonyl (C=O) groups excluding carboxylic acids is 1. The van der Waals surface area contributed by atoms with Gasteiger partial charge in [-0.3, -0.25) is 14.6 Å². The molecule has 0 spiro atoms. The lowest BCUT2D eigenvalue weighted by atomic mass is 10.0. The Labute approximate surface area is 126 Å². The number of nitrogens with one attached hydrogen (secondary N) is 1. The minimum absolute atomic E-state index is 0.354. The maximum Gasteiger partial charge on any atom is 0.248 e. The van der Waals surface area contributed by atoms with Gasteiger partial charge in [0.2, 0.25) is 5.91 Å². The van der Waals surface area contributed by atoms with Gasteiger partial charge in [0.1, 0.15) is 0 Å². The number of primary amides is 1. The zero-order valence-corrected chi connectivity index (χ0v) is 12.6. The van der Waals surface area contributed by atoms with Crippen LogP contribution in [0, 0.1) is 6.92 Å². The van der Waals surface area contributed by atoms with Crippen LogP contribution in [0.4, 0.5) is 0 Å². The molecule has 0 bridgehead atoms. The van der Waals surface area contributed by atoms with Gasteiger partial charge in [-0.1, -0.05) is 6.07 Å². The third kappa shape index (κ3) is 3.26. The number of nitrogens with two attached hydrogens (primary N) is 1. The summed E-state index contributed by atoms with van der Waals surface area (Å²) in [5.41, 5.74) is 8.35. The Morgan fingerprint density at radius 1 is 1.33 bits per heavy atom. The molecule has 0 saturated carbocycles. The Morgan fingerprint density at radius 2 is 2.05 bits per heavy atom. The molecule has 2 fully saturated rings. The monoisotopic (exact) mass is 288 g/mol. The summed E-state index contributed by atoms with van der Waals surface area (Å²) in [6.07, 6.45) is 0. The molecule has 5 nitrogen and oxygen atoms in total. The quantitative estimate of drug-likeness (QED) is 0.830. The second kappa shape index (κ2) is 6.13. The minimum atomic E-state index is -0.354. The first-order chi connectivity index (χ1) is 10.1. The summed E-state index contributed by atoms with van der Waals surface area (Å²) in [5.74, 6) is -0.354. The first-order valence-corrected chi connectivity index (χ1v) is 7.70. The molecule has 3 N–H and O–H groups in total. The summed E-state index contributed by atoms with van der Waals surface area (Å²) in [6.45, 7) is 9.89. The molecule has 1 aromatic rings. The van der Waals surface area contributed by atoms with E-state index in [0.29, 0.717) is 5.56 Å². The van der Waals surface area contributed by atoms with Crippen LogP contribution in [0.2, 0.25) is 0 Å². The van der Waals surface area contributed by atoms with Crippen LogP contribution >= 0.6 is 0 Å². The molecule has 2 aliphatic rings. The average Bonchev–Trinajstić information content (AvgIpc) is 2.44. The van der Waals surface area contributed by atoms with E-state index < -0.39 is 0 Å². The summed E-state index contributed by atoms with van der Waals surface area (Å²) in [4.78, 5) is 16.2. The summed E-state index contributed by atoms with van der Waals surface area (Å²) >= 11 is 0. The fourth-order valence-electron chi connectivity index (χ4n) is 3.22. The van der Waals surface area contributed by atoms with E-state index in [1.54, 1.807) is 0 Å². The van der Waals surface area contributed by atoms with Gasteiger partial charge in [-0.2, -0.15) is 0 Å². The predicted molar refractivity (Wildman–Crippen MR) is 83.2 cm³/mol. The SMILES string of the molecule is Cc1cc(C(N)=O)ccc1CN1CC(N2CCNCC2)C1. The van der Waals surface area contributed by atoms with Crippen LogP contribution in [-0.4, -0.2) is 61.0 Å². The summed E-state index contributed by atoms with van der Waals surface area (Å²) < 4.78 is 0. The predicted octanol–water partition coefficient (Wildman–Crippen LogP) is 0.183. The molecule has 5 heteroatoms. The Balaban J connectivity index is 1.53. The van der Waals surface area contributed by atoms with E-state index in [-0.39, 0.29) is 5.91 Å². The van der Waals surface area contributed by atoms with Crippen molar-refractivity contribution in [1.29, 1.82) is 0 Å². The third-order valence-electron chi connectivity index (χ3n) is 4.63. The van der Waals surface area contributed by atoms with E-state index >= 15 is 0 Å². The number of likely N-dealkylation sites (tertiary alicyclic amines) is 1. The Morgan fingerprint density at radius 3 is 2.67 bits per heavy atom. The number of aryl methyl sites for hydroxylation is 1. The number of hydrogen-bond acceptors (Lipinski definition) is 4.